The molecule has 0 radical (unpaired) electrons. The van der Waals surface area contributed by atoms with Gasteiger partial charge in [0.1, 0.15) is 0 Å². The largest absolute Gasteiger partial charge is 0.399 e. The van der Waals surface area contributed by atoms with Gasteiger partial charge in [-0.25, -0.2) is 4.98 Å². The van der Waals surface area contributed by atoms with Gasteiger partial charge in [-0.3, -0.25) is 4.79 Å². The molecule has 2 aromatic rings. The first-order valence-electron chi connectivity index (χ1n) is 5.44. The van der Waals surface area contributed by atoms with E-state index in [1.54, 1.807) is 17.8 Å². The maximum Gasteiger partial charge on any atom is 0.223 e. The lowest BCUT2D eigenvalue weighted by molar-refractivity contribution is -0.114. The third kappa shape index (κ3) is 4.12. The fourth-order valence-electron chi connectivity index (χ4n) is 1.37. The summed E-state index contributed by atoms with van der Waals surface area (Å²) < 4.78 is 0. The lowest BCUT2D eigenvalue weighted by Crippen LogP contribution is -2.05. The van der Waals surface area contributed by atoms with Crippen LogP contribution in [0.5, 0.6) is 0 Å². The van der Waals surface area contributed by atoms with Gasteiger partial charge in [-0.2, -0.15) is 0 Å². The Balaban J connectivity index is 1.98. The number of hydrogen-bond acceptors (Lipinski definition) is 5. The normalized spacial score (nSPS) is 10.4. The van der Waals surface area contributed by atoms with E-state index in [4.69, 9.17) is 17.3 Å². The van der Waals surface area contributed by atoms with Gasteiger partial charge in [0.15, 0.2) is 5.13 Å². The van der Waals surface area contributed by atoms with E-state index in [1.165, 1.54) is 18.3 Å². The van der Waals surface area contributed by atoms with Crippen LogP contribution in [0.4, 0.5) is 10.8 Å². The van der Waals surface area contributed by atoms with Gasteiger partial charge >= 0.3 is 0 Å². The standard InChI is InChI=1S/C12H12ClN3OS2/c1-7(17)15-12-16-9(6-19-12)5-18-11-3-2-8(14)4-10(11)13/h2-4,6H,5,14H2,1H3,(H,15,16,17). The van der Waals surface area contributed by atoms with E-state index in [0.29, 0.717) is 21.6 Å². The lowest BCUT2D eigenvalue weighted by atomic mass is 10.3. The molecule has 1 aromatic carbocycles. The summed E-state index contributed by atoms with van der Waals surface area (Å²) in [6.45, 7) is 1.46. The predicted molar refractivity (Wildman–Crippen MR) is 81.8 cm³/mol. The van der Waals surface area contributed by atoms with E-state index in [-0.39, 0.29) is 5.91 Å². The molecule has 3 N–H and O–H groups in total. The van der Waals surface area contributed by atoms with Crippen molar-refractivity contribution in [3.8, 4) is 0 Å². The number of nitrogens with zero attached hydrogens (tertiary/aromatic N) is 1. The van der Waals surface area contributed by atoms with Crippen molar-refractivity contribution in [3.63, 3.8) is 0 Å². The molecule has 7 heteroatoms. The molecule has 1 heterocycles. The van der Waals surface area contributed by atoms with Crippen LogP contribution in [-0.4, -0.2) is 10.9 Å². The van der Waals surface area contributed by atoms with Crippen LogP contribution in [0, 0.1) is 0 Å². The average molecular weight is 314 g/mol. The smallest absolute Gasteiger partial charge is 0.223 e. The van der Waals surface area contributed by atoms with Crippen LogP contribution in [0.15, 0.2) is 28.5 Å². The van der Waals surface area contributed by atoms with E-state index >= 15 is 0 Å². The van der Waals surface area contributed by atoms with Crippen LogP contribution < -0.4 is 11.1 Å². The Morgan fingerprint density at radius 3 is 3.05 bits per heavy atom. The van der Waals surface area contributed by atoms with Crippen molar-refractivity contribution >= 4 is 51.4 Å². The Labute approximate surface area is 124 Å². The molecule has 0 saturated carbocycles. The minimum atomic E-state index is -0.116. The van der Waals surface area contributed by atoms with Crippen LogP contribution in [0.2, 0.25) is 5.02 Å². The van der Waals surface area contributed by atoms with Crippen molar-refractivity contribution in [1.29, 1.82) is 0 Å². The number of halogens is 1. The summed E-state index contributed by atoms with van der Waals surface area (Å²) in [5, 5.41) is 5.84. The SMILES string of the molecule is CC(=O)Nc1nc(CSc2ccc(N)cc2Cl)cs1. The Hall–Kier alpha value is -1.24. The lowest BCUT2D eigenvalue weighted by Gasteiger charge is -2.03. The Bertz CT molecular complexity index is 600. The third-order valence-corrected chi connectivity index (χ3v) is 4.50. The Morgan fingerprint density at radius 2 is 2.37 bits per heavy atom. The molecule has 1 amide bonds. The zero-order valence-electron chi connectivity index (χ0n) is 10.1. The molecule has 0 bridgehead atoms. The molecule has 0 aliphatic rings. The van der Waals surface area contributed by atoms with Crippen LogP contribution in [0.1, 0.15) is 12.6 Å². The number of amides is 1. The molecule has 0 unspecified atom stereocenters. The van der Waals surface area contributed by atoms with E-state index in [2.05, 4.69) is 10.3 Å². The fraction of sp³-hybridized carbons (Fsp3) is 0.167. The third-order valence-electron chi connectivity index (χ3n) is 2.17. The number of nitrogens with two attached hydrogens (primary N) is 1. The number of hydrogen-bond donors (Lipinski definition) is 2. The van der Waals surface area contributed by atoms with E-state index in [1.807, 2.05) is 17.5 Å². The Morgan fingerprint density at radius 1 is 1.58 bits per heavy atom. The number of aromatic nitrogens is 1. The van der Waals surface area contributed by atoms with Crippen molar-refractivity contribution in [2.24, 2.45) is 0 Å². The number of thioether (sulfide) groups is 1. The van der Waals surface area contributed by atoms with Gasteiger partial charge in [-0.1, -0.05) is 11.6 Å². The van der Waals surface area contributed by atoms with Crippen molar-refractivity contribution in [1.82, 2.24) is 4.98 Å². The molecule has 100 valence electrons. The van der Waals surface area contributed by atoms with Crippen LogP contribution in [-0.2, 0) is 10.5 Å². The summed E-state index contributed by atoms with van der Waals surface area (Å²) >= 11 is 9.09. The molecule has 1 aromatic heterocycles. The molecule has 19 heavy (non-hydrogen) atoms. The van der Waals surface area contributed by atoms with Gasteiger partial charge in [0.25, 0.3) is 0 Å². The van der Waals surface area contributed by atoms with Crippen molar-refractivity contribution in [3.05, 3.63) is 34.3 Å². The number of carbonyl (C=O) groups excluding carboxylic acids is 1. The second-order valence-electron chi connectivity index (χ2n) is 3.80. The Kier molecular flexibility index (Phi) is 4.68. The number of nitrogen functional groups attached to an aromatic ring is 1. The van der Waals surface area contributed by atoms with E-state index in [0.717, 1.165) is 10.6 Å². The monoisotopic (exact) mass is 313 g/mol. The first-order chi connectivity index (χ1) is 9.04. The fourth-order valence-corrected chi connectivity index (χ4v) is 3.39. The van der Waals surface area contributed by atoms with Crippen molar-refractivity contribution in [2.75, 3.05) is 11.1 Å². The summed E-state index contributed by atoms with van der Waals surface area (Å²) in [4.78, 5) is 16.2. The number of benzene rings is 1. The maximum atomic E-state index is 10.9. The average Bonchev–Trinajstić information content (AvgIpc) is 2.74. The highest BCUT2D eigenvalue weighted by molar-refractivity contribution is 7.98. The molecular weight excluding hydrogens is 302 g/mol. The van der Waals surface area contributed by atoms with Gasteiger partial charge in [-0.15, -0.1) is 23.1 Å². The van der Waals surface area contributed by atoms with Gasteiger partial charge in [-0.05, 0) is 18.2 Å². The van der Waals surface area contributed by atoms with Crippen LogP contribution in [0.25, 0.3) is 0 Å². The molecule has 0 aliphatic carbocycles. The molecule has 2 rings (SSSR count). The minimum Gasteiger partial charge on any atom is -0.399 e. The molecule has 0 spiro atoms. The molecule has 0 fully saturated rings. The van der Waals surface area contributed by atoms with Gasteiger partial charge in [0, 0.05) is 28.6 Å². The summed E-state index contributed by atoms with van der Waals surface area (Å²) in [5.74, 6) is 0.579. The molecule has 0 atom stereocenters. The topological polar surface area (TPSA) is 68.0 Å². The highest BCUT2D eigenvalue weighted by atomic mass is 35.5. The molecule has 0 saturated heterocycles. The number of rotatable bonds is 4. The summed E-state index contributed by atoms with van der Waals surface area (Å²) in [7, 11) is 0. The molecular formula is C12H12ClN3OS2. The zero-order chi connectivity index (χ0) is 13.8. The van der Waals surface area contributed by atoms with Gasteiger partial charge in [0.2, 0.25) is 5.91 Å². The number of anilines is 2. The quantitative estimate of drug-likeness (QED) is 0.668. The van der Waals surface area contributed by atoms with E-state index < -0.39 is 0 Å². The summed E-state index contributed by atoms with van der Waals surface area (Å²) in [6.07, 6.45) is 0. The maximum absolute atomic E-state index is 10.9. The van der Waals surface area contributed by atoms with Gasteiger partial charge in [0.05, 0.1) is 10.7 Å². The number of thiazole rings is 1. The zero-order valence-corrected chi connectivity index (χ0v) is 12.5. The molecule has 0 aliphatic heterocycles. The van der Waals surface area contributed by atoms with Crippen LogP contribution in [0.3, 0.4) is 0 Å². The van der Waals surface area contributed by atoms with Crippen molar-refractivity contribution in [2.45, 2.75) is 17.6 Å². The molecule has 4 nitrogen and oxygen atoms in total. The highest BCUT2D eigenvalue weighted by Gasteiger charge is 2.06. The summed E-state index contributed by atoms with van der Waals surface area (Å²) in [6, 6.07) is 5.44. The predicted octanol–water partition coefficient (Wildman–Crippen LogP) is 3.63. The second kappa shape index (κ2) is 6.27. The van der Waals surface area contributed by atoms with Crippen molar-refractivity contribution < 1.29 is 4.79 Å². The highest BCUT2D eigenvalue weighted by Crippen LogP contribution is 2.31. The number of carbonyl (C=O) groups is 1. The first kappa shape index (κ1) is 14.2. The van der Waals surface area contributed by atoms with Gasteiger partial charge < -0.3 is 11.1 Å². The second-order valence-corrected chi connectivity index (χ2v) is 6.09. The first-order valence-corrected chi connectivity index (χ1v) is 7.69. The minimum absolute atomic E-state index is 0.116. The van der Waals surface area contributed by atoms with Crippen LogP contribution >= 0.6 is 34.7 Å². The number of nitrogens with one attached hydrogen (secondary N) is 1. The summed E-state index contributed by atoms with van der Waals surface area (Å²) in [5.41, 5.74) is 7.20. The van der Waals surface area contributed by atoms with E-state index in [9.17, 15) is 4.79 Å².